The molecule has 0 bridgehead atoms. The Hall–Kier alpha value is -1.19. The van der Waals surface area contributed by atoms with Gasteiger partial charge in [0.25, 0.3) is 0 Å². The van der Waals surface area contributed by atoms with E-state index in [2.05, 4.69) is 13.8 Å². The van der Waals surface area contributed by atoms with E-state index in [1.54, 1.807) is 4.68 Å². The van der Waals surface area contributed by atoms with Gasteiger partial charge < -0.3 is 11.6 Å². The van der Waals surface area contributed by atoms with Crippen LogP contribution in [0.3, 0.4) is 0 Å². The number of nitrogens with two attached hydrogens (primary N) is 2. The van der Waals surface area contributed by atoms with Gasteiger partial charge >= 0.3 is 0 Å². The smallest absolute Gasteiger partial charge is 0.146 e. The molecular weight excluding hydrogens is 212 g/mol. The first kappa shape index (κ1) is 12.3. The highest BCUT2D eigenvalue weighted by Gasteiger charge is 2.24. The predicted molar refractivity (Wildman–Crippen MR) is 71.3 cm³/mol. The fraction of sp³-hybridized carbons (Fsp3) is 0.769. The molecule has 4 N–H and O–H groups in total. The van der Waals surface area contributed by atoms with Gasteiger partial charge in [-0.05, 0) is 19.3 Å². The third kappa shape index (κ3) is 2.26. The molecule has 17 heavy (non-hydrogen) atoms. The van der Waals surface area contributed by atoms with E-state index in [1.807, 2.05) is 0 Å². The minimum absolute atomic E-state index is 0.391. The van der Waals surface area contributed by atoms with Crippen LogP contribution in [0.15, 0.2) is 0 Å². The van der Waals surface area contributed by atoms with E-state index in [9.17, 15) is 0 Å². The second-order valence-corrected chi connectivity index (χ2v) is 5.25. The molecule has 1 aromatic rings. The molecule has 96 valence electrons. The van der Waals surface area contributed by atoms with Gasteiger partial charge in [-0.3, -0.25) is 0 Å². The summed E-state index contributed by atoms with van der Waals surface area (Å²) < 4.78 is 1.62. The van der Waals surface area contributed by atoms with Crippen molar-refractivity contribution in [3.63, 3.8) is 0 Å². The van der Waals surface area contributed by atoms with Crippen LogP contribution in [0.4, 0.5) is 5.82 Å². The van der Waals surface area contributed by atoms with Crippen LogP contribution in [0.25, 0.3) is 0 Å². The van der Waals surface area contributed by atoms with Gasteiger partial charge in [0.2, 0.25) is 0 Å². The van der Waals surface area contributed by atoms with Crippen molar-refractivity contribution in [2.75, 3.05) is 11.6 Å². The first-order chi connectivity index (χ1) is 8.15. The summed E-state index contributed by atoms with van der Waals surface area (Å²) in [7, 11) is 0. The Balaban J connectivity index is 2.28. The van der Waals surface area contributed by atoms with Crippen molar-refractivity contribution in [2.45, 2.75) is 64.2 Å². The number of rotatable bonds is 3. The lowest BCUT2D eigenvalue weighted by Crippen LogP contribution is -2.19. The Morgan fingerprint density at radius 2 is 2.00 bits per heavy atom. The van der Waals surface area contributed by atoms with Crippen LogP contribution in [0.2, 0.25) is 0 Å². The average molecular weight is 236 g/mol. The summed E-state index contributed by atoms with van der Waals surface area (Å²) in [5, 5.41) is 0. The first-order valence-electron chi connectivity index (χ1n) is 6.78. The van der Waals surface area contributed by atoms with Crippen LogP contribution in [0.1, 0.15) is 75.7 Å². The molecule has 1 saturated carbocycles. The van der Waals surface area contributed by atoms with Gasteiger partial charge in [0.1, 0.15) is 11.6 Å². The predicted octanol–water partition coefficient (Wildman–Crippen LogP) is 2.74. The summed E-state index contributed by atoms with van der Waals surface area (Å²) in [6.07, 6.45) is 7.37. The van der Waals surface area contributed by atoms with Gasteiger partial charge in [-0.2, -0.15) is 0 Å². The van der Waals surface area contributed by atoms with Crippen molar-refractivity contribution in [3.05, 3.63) is 11.5 Å². The maximum Gasteiger partial charge on any atom is 0.146 e. The second-order valence-electron chi connectivity index (χ2n) is 5.25. The van der Waals surface area contributed by atoms with E-state index >= 15 is 0 Å². The highest BCUT2D eigenvalue weighted by molar-refractivity contribution is 5.41. The molecule has 1 fully saturated rings. The Morgan fingerprint density at radius 3 is 2.59 bits per heavy atom. The summed E-state index contributed by atoms with van der Waals surface area (Å²) >= 11 is 0. The number of hydrogen-bond acceptors (Lipinski definition) is 3. The van der Waals surface area contributed by atoms with E-state index in [4.69, 9.17) is 16.6 Å². The Bertz CT molecular complexity index is 377. The van der Waals surface area contributed by atoms with Crippen LogP contribution >= 0.6 is 0 Å². The zero-order chi connectivity index (χ0) is 12.4. The van der Waals surface area contributed by atoms with Crippen LogP contribution in [0, 0.1) is 0 Å². The lowest BCUT2D eigenvalue weighted by atomic mass is 9.89. The van der Waals surface area contributed by atoms with Crippen LogP contribution in [0.5, 0.6) is 0 Å². The number of hydrogen-bond donors (Lipinski definition) is 2. The fourth-order valence-corrected chi connectivity index (χ4v) is 2.69. The van der Waals surface area contributed by atoms with E-state index in [0.29, 0.717) is 17.7 Å². The van der Waals surface area contributed by atoms with Crippen molar-refractivity contribution in [2.24, 2.45) is 0 Å². The summed E-state index contributed by atoms with van der Waals surface area (Å²) in [6, 6.07) is 0. The molecular formula is C13H24N4. The van der Waals surface area contributed by atoms with Crippen LogP contribution in [-0.4, -0.2) is 9.66 Å². The number of nitrogens with zero attached hydrogens (tertiary/aromatic N) is 2. The highest BCUT2D eigenvalue weighted by atomic mass is 15.4. The van der Waals surface area contributed by atoms with Gasteiger partial charge in [0.05, 0.1) is 5.69 Å². The maximum absolute atomic E-state index is 6.06. The van der Waals surface area contributed by atoms with Crippen LogP contribution in [-0.2, 0) is 0 Å². The Morgan fingerprint density at radius 1 is 1.35 bits per heavy atom. The molecule has 0 spiro atoms. The van der Waals surface area contributed by atoms with Gasteiger partial charge in [-0.15, -0.1) is 0 Å². The molecule has 2 rings (SSSR count). The summed E-state index contributed by atoms with van der Waals surface area (Å²) in [6.45, 7) is 4.31. The van der Waals surface area contributed by atoms with Gasteiger partial charge in [0, 0.05) is 11.8 Å². The zero-order valence-corrected chi connectivity index (χ0v) is 10.9. The van der Waals surface area contributed by atoms with Gasteiger partial charge in [0.15, 0.2) is 0 Å². The lowest BCUT2D eigenvalue weighted by molar-refractivity contribution is 0.423. The minimum atomic E-state index is 0.391. The Labute approximate surface area is 103 Å². The monoisotopic (exact) mass is 236 g/mol. The van der Waals surface area contributed by atoms with E-state index in [-0.39, 0.29) is 0 Å². The minimum Gasteiger partial charge on any atom is -0.382 e. The third-order valence-corrected chi connectivity index (χ3v) is 4.05. The topological polar surface area (TPSA) is 69.9 Å². The fourth-order valence-electron chi connectivity index (χ4n) is 2.69. The quantitative estimate of drug-likeness (QED) is 0.793. The number of anilines is 1. The van der Waals surface area contributed by atoms with Crippen molar-refractivity contribution in [3.8, 4) is 0 Å². The highest BCUT2D eigenvalue weighted by Crippen LogP contribution is 2.34. The maximum atomic E-state index is 6.06. The molecule has 4 nitrogen and oxygen atoms in total. The molecule has 1 unspecified atom stereocenters. The molecule has 1 aromatic heterocycles. The number of imidazole rings is 1. The van der Waals surface area contributed by atoms with Gasteiger partial charge in [-0.1, -0.05) is 33.1 Å². The molecule has 0 aliphatic heterocycles. The van der Waals surface area contributed by atoms with Crippen molar-refractivity contribution in [1.29, 1.82) is 0 Å². The van der Waals surface area contributed by atoms with Crippen molar-refractivity contribution >= 4 is 5.82 Å². The lowest BCUT2D eigenvalue weighted by Gasteiger charge is -2.20. The standard InChI is InChI=1S/C13H24N4/c1-3-9(2)11-12(14)17(15)13(16-11)10-7-5-4-6-8-10/h9-10H,3-8,14-15H2,1-2H3. The number of aromatic nitrogens is 2. The van der Waals surface area contributed by atoms with E-state index in [0.717, 1.165) is 17.9 Å². The van der Waals surface area contributed by atoms with E-state index < -0.39 is 0 Å². The number of nitrogen functional groups attached to an aromatic ring is 2. The molecule has 0 radical (unpaired) electrons. The zero-order valence-electron chi connectivity index (χ0n) is 10.9. The van der Waals surface area contributed by atoms with Crippen LogP contribution < -0.4 is 11.6 Å². The molecule has 4 heteroatoms. The molecule has 1 atom stereocenters. The Kier molecular flexibility index (Phi) is 3.60. The third-order valence-electron chi connectivity index (χ3n) is 4.05. The SMILES string of the molecule is CCC(C)c1nc(C2CCCCC2)n(N)c1N. The van der Waals surface area contributed by atoms with E-state index in [1.165, 1.54) is 32.1 Å². The first-order valence-corrected chi connectivity index (χ1v) is 6.78. The van der Waals surface area contributed by atoms with Crippen molar-refractivity contribution < 1.29 is 0 Å². The molecule has 0 saturated heterocycles. The summed E-state index contributed by atoms with van der Waals surface area (Å²) in [4.78, 5) is 4.72. The molecule has 0 aromatic carbocycles. The van der Waals surface area contributed by atoms with Gasteiger partial charge in [-0.25, -0.2) is 9.66 Å². The molecule has 1 aliphatic rings. The average Bonchev–Trinajstić information content (AvgIpc) is 2.67. The molecule has 1 aliphatic carbocycles. The molecule has 0 amide bonds. The molecule has 1 heterocycles. The van der Waals surface area contributed by atoms with Crippen molar-refractivity contribution in [1.82, 2.24) is 9.66 Å². The summed E-state index contributed by atoms with van der Waals surface area (Å²) in [5.74, 6) is 8.61. The summed E-state index contributed by atoms with van der Waals surface area (Å²) in [5.41, 5.74) is 7.04. The second kappa shape index (κ2) is 4.98. The largest absolute Gasteiger partial charge is 0.382 e. The normalized spacial score (nSPS) is 19.4.